The van der Waals surface area contributed by atoms with Crippen molar-refractivity contribution in [3.8, 4) is 0 Å². The van der Waals surface area contributed by atoms with Crippen LogP contribution in [0.4, 0.5) is 0 Å². The predicted molar refractivity (Wildman–Crippen MR) is 87.8 cm³/mol. The zero-order valence-electron chi connectivity index (χ0n) is 14.2. The van der Waals surface area contributed by atoms with Crippen LogP contribution in [0.2, 0.25) is 0 Å². The first-order chi connectivity index (χ1) is 9.53. The van der Waals surface area contributed by atoms with E-state index in [4.69, 9.17) is 0 Å². The van der Waals surface area contributed by atoms with Crippen LogP contribution in [0.5, 0.6) is 0 Å². The molecule has 0 saturated carbocycles. The molecule has 5 heteroatoms. The molecule has 1 aromatic rings. The summed E-state index contributed by atoms with van der Waals surface area (Å²) in [6.07, 6.45) is 0. The van der Waals surface area contributed by atoms with E-state index in [2.05, 4.69) is 5.32 Å². The lowest BCUT2D eigenvalue weighted by molar-refractivity contribution is 0.216. The highest BCUT2D eigenvalue weighted by atomic mass is 32.2. The van der Waals surface area contributed by atoms with Crippen molar-refractivity contribution in [1.29, 1.82) is 0 Å². The fourth-order valence-electron chi connectivity index (χ4n) is 2.23. The van der Waals surface area contributed by atoms with Crippen molar-refractivity contribution in [3.63, 3.8) is 0 Å². The molecule has 0 aromatic heterocycles. The molecule has 0 aliphatic heterocycles. The standard InChI is InChI=1S/C16H28N2O2S/c1-12-14(11-17-6)9-8-10-15(12)21(19,20)18(7)13(2)16(3,4)5/h8-10,13,17H,11H2,1-7H3. The molecule has 1 unspecified atom stereocenters. The van der Waals surface area contributed by atoms with Gasteiger partial charge >= 0.3 is 0 Å². The normalized spacial score (nSPS) is 14.5. The van der Waals surface area contributed by atoms with Crippen molar-refractivity contribution in [2.75, 3.05) is 14.1 Å². The topological polar surface area (TPSA) is 49.4 Å². The SMILES string of the molecule is CNCc1cccc(S(=O)(=O)N(C)C(C)C(C)(C)C)c1C. The van der Waals surface area contributed by atoms with Crippen molar-refractivity contribution >= 4 is 10.0 Å². The Morgan fingerprint density at radius 3 is 2.33 bits per heavy atom. The summed E-state index contributed by atoms with van der Waals surface area (Å²) in [6.45, 7) is 10.6. The molecule has 0 spiro atoms. The minimum absolute atomic E-state index is 0.0881. The maximum Gasteiger partial charge on any atom is 0.243 e. The van der Waals surface area contributed by atoms with Gasteiger partial charge < -0.3 is 5.32 Å². The molecule has 0 radical (unpaired) electrons. The van der Waals surface area contributed by atoms with Crippen LogP contribution in [0.3, 0.4) is 0 Å². The Kier molecular flexibility index (Phi) is 5.58. The van der Waals surface area contributed by atoms with Gasteiger partial charge in [-0.1, -0.05) is 32.9 Å². The van der Waals surface area contributed by atoms with Crippen LogP contribution < -0.4 is 5.32 Å². The molecule has 21 heavy (non-hydrogen) atoms. The minimum atomic E-state index is -3.49. The fraction of sp³-hybridized carbons (Fsp3) is 0.625. The molecule has 1 N–H and O–H groups in total. The maximum absolute atomic E-state index is 12.9. The summed E-state index contributed by atoms with van der Waals surface area (Å²) in [6, 6.07) is 5.37. The van der Waals surface area contributed by atoms with Crippen LogP contribution in [0.1, 0.15) is 38.8 Å². The predicted octanol–water partition coefficient (Wildman–Crippen LogP) is 2.77. The van der Waals surface area contributed by atoms with E-state index in [1.54, 1.807) is 13.1 Å². The van der Waals surface area contributed by atoms with Crippen molar-refractivity contribution in [3.05, 3.63) is 29.3 Å². The first-order valence-electron chi connectivity index (χ1n) is 7.24. The molecule has 1 rings (SSSR count). The summed E-state index contributed by atoms with van der Waals surface area (Å²) >= 11 is 0. The van der Waals surface area contributed by atoms with Gasteiger partial charge in [0.1, 0.15) is 0 Å². The largest absolute Gasteiger partial charge is 0.316 e. The van der Waals surface area contributed by atoms with Gasteiger partial charge in [-0.15, -0.1) is 0 Å². The number of benzene rings is 1. The number of hydrogen-bond donors (Lipinski definition) is 1. The van der Waals surface area contributed by atoms with E-state index in [-0.39, 0.29) is 11.5 Å². The highest BCUT2D eigenvalue weighted by Crippen LogP contribution is 2.29. The number of nitrogens with one attached hydrogen (secondary N) is 1. The van der Waals surface area contributed by atoms with Crippen LogP contribution in [-0.2, 0) is 16.6 Å². The van der Waals surface area contributed by atoms with Gasteiger partial charge in [0.15, 0.2) is 0 Å². The van der Waals surface area contributed by atoms with Gasteiger partial charge in [0.25, 0.3) is 0 Å². The molecule has 0 fully saturated rings. The Bertz CT molecular complexity index is 589. The van der Waals surface area contributed by atoms with E-state index in [1.165, 1.54) is 4.31 Å². The zero-order chi connectivity index (χ0) is 16.4. The second kappa shape index (κ2) is 6.46. The van der Waals surface area contributed by atoms with Gasteiger partial charge in [-0.25, -0.2) is 8.42 Å². The molecule has 0 amide bonds. The first kappa shape index (κ1) is 18.1. The average molecular weight is 312 g/mol. The quantitative estimate of drug-likeness (QED) is 0.909. The number of nitrogens with zero attached hydrogens (tertiary/aromatic N) is 1. The third-order valence-corrected chi connectivity index (χ3v) is 6.29. The van der Waals surface area contributed by atoms with E-state index in [1.807, 2.05) is 53.8 Å². The Balaban J connectivity index is 3.29. The summed E-state index contributed by atoms with van der Waals surface area (Å²) in [7, 11) is 0.0304. The summed E-state index contributed by atoms with van der Waals surface area (Å²) in [5.74, 6) is 0. The van der Waals surface area contributed by atoms with Crippen LogP contribution in [0.15, 0.2) is 23.1 Å². The van der Waals surface area contributed by atoms with E-state index >= 15 is 0 Å². The van der Waals surface area contributed by atoms with Crippen LogP contribution in [0.25, 0.3) is 0 Å². The monoisotopic (exact) mass is 312 g/mol. The molecule has 0 bridgehead atoms. The average Bonchev–Trinajstić information content (AvgIpc) is 2.38. The molecule has 1 aromatic carbocycles. The second-order valence-electron chi connectivity index (χ2n) is 6.63. The third-order valence-electron chi connectivity index (χ3n) is 4.22. The van der Waals surface area contributed by atoms with Gasteiger partial charge in [0.2, 0.25) is 10.0 Å². The highest BCUT2D eigenvalue weighted by molar-refractivity contribution is 7.89. The summed E-state index contributed by atoms with van der Waals surface area (Å²) in [5.41, 5.74) is 1.72. The Morgan fingerprint density at radius 2 is 1.86 bits per heavy atom. The van der Waals surface area contributed by atoms with Crippen molar-refractivity contribution < 1.29 is 8.42 Å². The molecule has 120 valence electrons. The number of sulfonamides is 1. The molecule has 4 nitrogen and oxygen atoms in total. The lowest BCUT2D eigenvalue weighted by Gasteiger charge is -2.34. The molecule has 0 heterocycles. The summed E-state index contributed by atoms with van der Waals surface area (Å²) in [5, 5.41) is 3.07. The van der Waals surface area contributed by atoms with Gasteiger partial charge in [-0.3, -0.25) is 0 Å². The number of rotatable bonds is 5. The van der Waals surface area contributed by atoms with Crippen molar-refractivity contribution in [1.82, 2.24) is 9.62 Å². The lowest BCUT2D eigenvalue weighted by Crippen LogP contribution is -2.43. The van der Waals surface area contributed by atoms with Crippen LogP contribution >= 0.6 is 0 Å². The molecular formula is C16H28N2O2S. The first-order valence-corrected chi connectivity index (χ1v) is 8.68. The molecule has 0 saturated heterocycles. The smallest absolute Gasteiger partial charge is 0.243 e. The van der Waals surface area contributed by atoms with Crippen LogP contribution in [-0.4, -0.2) is 32.9 Å². The molecular weight excluding hydrogens is 284 g/mol. The lowest BCUT2D eigenvalue weighted by atomic mass is 9.88. The van der Waals surface area contributed by atoms with Crippen LogP contribution in [0, 0.1) is 12.3 Å². The van der Waals surface area contributed by atoms with Gasteiger partial charge in [-0.05, 0) is 43.5 Å². The van der Waals surface area contributed by atoms with Gasteiger partial charge in [0, 0.05) is 19.6 Å². The van der Waals surface area contributed by atoms with E-state index in [9.17, 15) is 8.42 Å². The summed E-state index contributed by atoms with van der Waals surface area (Å²) < 4.78 is 27.3. The Hall–Kier alpha value is -0.910. The second-order valence-corrected chi connectivity index (χ2v) is 8.60. The highest BCUT2D eigenvalue weighted by Gasteiger charge is 2.33. The fourth-order valence-corrected chi connectivity index (χ4v) is 4.04. The van der Waals surface area contributed by atoms with E-state index in [0.717, 1.165) is 11.1 Å². The van der Waals surface area contributed by atoms with Crippen molar-refractivity contribution in [2.45, 2.75) is 52.1 Å². The zero-order valence-corrected chi connectivity index (χ0v) is 15.0. The van der Waals surface area contributed by atoms with Gasteiger partial charge in [0.05, 0.1) is 4.90 Å². The number of hydrogen-bond acceptors (Lipinski definition) is 3. The van der Waals surface area contributed by atoms with Crippen molar-refractivity contribution in [2.24, 2.45) is 5.41 Å². The van der Waals surface area contributed by atoms with Gasteiger partial charge in [-0.2, -0.15) is 4.31 Å². The maximum atomic E-state index is 12.9. The molecule has 0 aliphatic carbocycles. The molecule has 0 aliphatic rings. The van der Waals surface area contributed by atoms with E-state index in [0.29, 0.717) is 11.4 Å². The third kappa shape index (κ3) is 3.84. The Labute approximate surface area is 129 Å². The summed E-state index contributed by atoms with van der Waals surface area (Å²) in [4.78, 5) is 0.397. The molecule has 1 atom stereocenters. The van der Waals surface area contributed by atoms with E-state index < -0.39 is 10.0 Å². The minimum Gasteiger partial charge on any atom is -0.316 e. The Morgan fingerprint density at radius 1 is 1.29 bits per heavy atom.